The molecular formula is C17H14F2N2O2. The molecule has 2 aromatic rings. The predicted octanol–water partition coefficient (Wildman–Crippen LogP) is 2.13. The molecule has 0 bridgehead atoms. The van der Waals surface area contributed by atoms with Gasteiger partial charge in [0.1, 0.15) is 11.6 Å². The Morgan fingerprint density at radius 3 is 2.17 bits per heavy atom. The molecule has 1 atom stereocenters. The lowest BCUT2D eigenvalue weighted by molar-refractivity contribution is 0.0644. The highest BCUT2D eigenvalue weighted by atomic mass is 19.1. The predicted molar refractivity (Wildman–Crippen MR) is 79.8 cm³/mol. The average molecular weight is 316 g/mol. The molecule has 23 heavy (non-hydrogen) atoms. The zero-order chi connectivity index (χ0) is 16.6. The van der Waals surface area contributed by atoms with Crippen LogP contribution in [-0.2, 0) is 6.42 Å². The topological polar surface area (TPSA) is 63.4 Å². The first kappa shape index (κ1) is 15.3. The highest BCUT2D eigenvalue weighted by Crippen LogP contribution is 2.22. The summed E-state index contributed by atoms with van der Waals surface area (Å²) in [4.78, 5) is 25.5. The molecular weight excluding hydrogens is 302 g/mol. The second-order valence-electron chi connectivity index (χ2n) is 5.47. The molecule has 0 saturated heterocycles. The van der Waals surface area contributed by atoms with Crippen LogP contribution in [0, 0.1) is 11.6 Å². The highest BCUT2D eigenvalue weighted by molar-refractivity contribution is 6.21. The number of fused-ring (bicyclic) bond motifs is 1. The molecule has 118 valence electrons. The van der Waals surface area contributed by atoms with Crippen molar-refractivity contribution in [2.24, 2.45) is 5.73 Å². The van der Waals surface area contributed by atoms with Crippen LogP contribution in [0.2, 0.25) is 0 Å². The summed E-state index contributed by atoms with van der Waals surface area (Å²) >= 11 is 0. The number of nitrogens with zero attached hydrogens (tertiary/aromatic N) is 1. The molecule has 0 saturated carbocycles. The number of nitrogens with two attached hydrogens (primary N) is 1. The summed E-state index contributed by atoms with van der Waals surface area (Å²) in [5.74, 6) is -2.16. The Kier molecular flexibility index (Phi) is 3.92. The number of rotatable bonds is 4. The number of hydrogen-bond donors (Lipinski definition) is 1. The molecule has 0 fully saturated rings. The van der Waals surface area contributed by atoms with Crippen LogP contribution in [0.25, 0.3) is 0 Å². The minimum absolute atomic E-state index is 0.0246. The molecule has 2 amide bonds. The average Bonchev–Trinajstić information content (AvgIpc) is 2.76. The molecule has 2 N–H and O–H groups in total. The van der Waals surface area contributed by atoms with Crippen molar-refractivity contribution in [3.05, 3.63) is 70.8 Å². The quantitative estimate of drug-likeness (QED) is 0.879. The van der Waals surface area contributed by atoms with Gasteiger partial charge in [0, 0.05) is 18.7 Å². The summed E-state index contributed by atoms with van der Waals surface area (Å²) < 4.78 is 26.5. The van der Waals surface area contributed by atoms with E-state index in [-0.39, 0.29) is 18.5 Å². The molecule has 1 aliphatic heterocycles. The van der Waals surface area contributed by atoms with Crippen molar-refractivity contribution < 1.29 is 18.4 Å². The fourth-order valence-electron chi connectivity index (χ4n) is 2.67. The maximum Gasteiger partial charge on any atom is 0.261 e. The molecule has 0 aliphatic carbocycles. The van der Waals surface area contributed by atoms with Crippen molar-refractivity contribution in [1.29, 1.82) is 0 Å². The number of halogens is 2. The van der Waals surface area contributed by atoms with E-state index in [2.05, 4.69) is 0 Å². The Labute approximate surface area is 131 Å². The van der Waals surface area contributed by atoms with Crippen LogP contribution in [0.5, 0.6) is 0 Å². The van der Waals surface area contributed by atoms with Crippen molar-refractivity contribution >= 4 is 11.8 Å². The Morgan fingerprint density at radius 2 is 1.61 bits per heavy atom. The third-order valence-electron chi connectivity index (χ3n) is 3.79. The molecule has 1 aliphatic rings. The normalized spacial score (nSPS) is 15.0. The van der Waals surface area contributed by atoms with Crippen LogP contribution in [0.15, 0.2) is 42.5 Å². The van der Waals surface area contributed by atoms with Crippen molar-refractivity contribution in [3.8, 4) is 0 Å². The third kappa shape index (κ3) is 2.85. The van der Waals surface area contributed by atoms with E-state index in [1.54, 1.807) is 24.3 Å². The summed E-state index contributed by atoms with van der Waals surface area (Å²) in [6, 6.07) is 9.13. The first-order chi connectivity index (χ1) is 11.0. The van der Waals surface area contributed by atoms with Gasteiger partial charge in [-0.25, -0.2) is 8.78 Å². The molecule has 2 aromatic carbocycles. The number of amides is 2. The number of imide groups is 1. The van der Waals surface area contributed by atoms with Gasteiger partial charge in [0.05, 0.1) is 11.1 Å². The van der Waals surface area contributed by atoms with E-state index >= 15 is 0 Å². The first-order valence-electron chi connectivity index (χ1n) is 7.12. The van der Waals surface area contributed by atoms with Gasteiger partial charge in [-0.2, -0.15) is 0 Å². The van der Waals surface area contributed by atoms with Crippen LogP contribution in [0.1, 0.15) is 26.3 Å². The van der Waals surface area contributed by atoms with E-state index in [0.717, 1.165) is 17.0 Å². The van der Waals surface area contributed by atoms with Gasteiger partial charge in [-0.3, -0.25) is 14.5 Å². The van der Waals surface area contributed by atoms with Gasteiger partial charge < -0.3 is 5.73 Å². The number of carbonyl (C=O) groups is 2. The molecule has 1 heterocycles. The summed E-state index contributed by atoms with van der Waals surface area (Å²) in [6.07, 6.45) is 0.0967. The van der Waals surface area contributed by atoms with Crippen molar-refractivity contribution in [1.82, 2.24) is 4.90 Å². The van der Waals surface area contributed by atoms with Gasteiger partial charge in [0.15, 0.2) is 0 Å². The Hall–Kier alpha value is -2.60. The Bertz CT molecular complexity index is 757. The standard InChI is InChI=1S/C17H14F2N2O2/c18-11-6-5-10(15(19)8-11)7-12(20)9-21-16(22)13-3-1-2-4-14(13)17(21)23/h1-6,8,12H,7,9,20H2/t12-/m0/s1. The van der Waals surface area contributed by atoms with E-state index < -0.39 is 29.5 Å². The number of benzene rings is 2. The molecule has 0 unspecified atom stereocenters. The Balaban J connectivity index is 1.73. The van der Waals surface area contributed by atoms with Crippen molar-refractivity contribution in [2.75, 3.05) is 6.54 Å². The van der Waals surface area contributed by atoms with Crippen LogP contribution in [0.3, 0.4) is 0 Å². The summed E-state index contributed by atoms with van der Waals surface area (Å²) in [5.41, 5.74) is 6.88. The maximum absolute atomic E-state index is 13.6. The monoisotopic (exact) mass is 316 g/mol. The molecule has 6 heteroatoms. The van der Waals surface area contributed by atoms with E-state index in [1.807, 2.05) is 0 Å². The largest absolute Gasteiger partial charge is 0.326 e. The van der Waals surface area contributed by atoms with Gasteiger partial charge in [-0.15, -0.1) is 0 Å². The lowest BCUT2D eigenvalue weighted by Crippen LogP contribution is -2.42. The van der Waals surface area contributed by atoms with Crippen molar-refractivity contribution in [2.45, 2.75) is 12.5 Å². The molecule has 0 aromatic heterocycles. The van der Waals surface area contributed by atoms with Crippen LogP contribution < -0.4 is 5.73 Å². The van der Waals surface area contributed by atoms with Gasteiger partial charge in [0.25, 0.3) is 11.8 Å². The molecule has 0 spiro atoms. The fraction of sp³-hybridized carbons (Fsp3) is 0.176. The second-order valence-corrected chi connectivity index (χ2v) is 5.47. The van der Waals surface area contributed by atoms with Gasteiger partial charge in [-0.1, -0.05) is 18.2 Å². The lowest BCUT2D eigenvalue weighted by Gasteiger charge is -2.19. The summed E-state index contributed by atoms with van der Waals surface area (Å²) in [6.45, 7) is -0.0246. The van der Waals surface area contributed by atoms with E-state index in [9.17, 15) is 18.4 Å². The minimum Gasteiger partial charge on any atom is -0.326 e. The minimum atomic E-state index is -0.692. The number of hydrogen-bond acceptors (Lipinski definition) is 3. The molecule has 3 rings (SSSR count). The number of carbonyl (C=O) groups excluding carboxylic acids is 2. The lowest BCUT2D eigenvalue weighted by atomic mass is 10.1. The summed E-state index contributed by atoms with van der Waals surface area (Å²) in [7, 11) is 0. The maximum atomic E-state index is 13.6. The smallest absolute Gasteiger partial charge is 0.261 e. The van der Waals surface area contributed by atoms with Gasteiger partial charge >= 0.3 is 0 Å². The van der Waals surface area contributed by atoms with Crippen LogP contribution in [0.4, 0.5) is 8.78 Å². The SMILES string of the molecule is N[C@@H](Cc1ccc(F)cc1F)CN1C(=O)c2ccccc2C1=O. The third-order valence-corrected chi connectivity index (χ3v) is 3.79. The zero-order valence-electron chi connectivity index (χ0n) is 12.1. The van der Waals surface area contributed by atoms with Crippen LogP contribution >= 0.6 is 0 Å². The van der Waals surface area contributed by atoms with Crippen molar-refractivity contribution in [3.63, 3.8) is 0 Å². The van der Waals surface area contributed by atoms with E-state index in [0.29, 0.717) is 11.1 Å². The Morgan fingerprint density at radius 1 is 1.00 bits per heavy atom. The first-order valence-corrected chi connectivity index (χ1v) is 7.12. The van der Waals surface area contributed by atoms with Crippen LogP contribution in [-0.4, -0.2) is 29.3 Å². The molecule has 0 radical (unpaired) electrons. The molecule has 4 nitrogen and oxygen atoms in total. The van der Waals surface area contributed by atoms with Gasteiger partial charge in [-0.05, 0) is 30.2 Å². The zero-order valence-corrected chi connectivity index (χ0v) is 12.1. The van der Waals surface area contributed by atoms with Gasteiger partial charge in [0.2, 0.25) is 0 Å². The van der Waals surface area contributed by atoms with E-state index in [1.165, 1.54) is 6.07 Å². The second kappa shape index (κ2) is 5.89. The van der Waals surface area contributed by atoms with E-state index in [4.69, 9.17) is 5.73 Å². The highest BCUT2D eigenvalue weighted by Gasteiger charge is 2.35. The summed E-state index contributed by atoms with van der Waals surface area (Å²) in [5, 5.41) is 0. The fourth-order valence-corrected chi connectivity index (χ4v) is 2.67.